The number of anilines is 1. The highest BCUT2D eigenvalue weighted by molar-refractivity contribution is 5.47. The van der Waals surface area contributed by atoms with Gasteiger partial charge in [0.25, 0.3) is 0 Å². The summed E-state index contributed by atoms with van der Waals surface area (Å²) in [7, 11) is 0. The molecule has 0 radical (unpaired) electrons. The summed E-state index contributed by atoms with van der Waals surface area (Å²) in [5.41, 5.74) is 6.84. The molecular weight excluding hydrogens is 206 g/mol. The number of nitrogens with zero attached hydrogens (tertiary/aromatic N) is 2. The van der Waals surface area contributed by atoms with Crippen molar-refractivity contribution in [3.8, 4) is 11.6 Å². The molecule has 1 aromatic carbocycles. The van der Waals surface area contributed by atoms with Crippen molar-refractivity contribution < 1.29 is 9.84 Å². The predicted molar refractivity (Wildman–Crippen MR) is 58.9 cm³/mol. The highest BCUT2D eigenvalue weighted by atomic mass is 16.5. The Morgan fingerprint density at radius 2 is 2.00 bits per heavy atom. The summed E-state index contributed by atoms with van der Waals surface area (Å²) in [5.74, 6) is 0.939. The van der Waals surface area contributed by atoms with Crippen molar-refractivity contribution in [3.05, 3.63) is 42.4 Å². The molecule has 1 aromatic heterocycles. The average Bonchev–Trinajstić information content (AvgIpc) is 2.33. The van der Waals surface area contributed by atoms with E-state index in [2.05, 4.69) is 9.97 Å². The van der Waals surface area contributed by atoms with Crippen molar-refractivity contribution in [1.29, 1.82) is 0 Å². The van der Waals surface area contributed by atoms with Crippen molar-refractivity contribution in [2.75, 3.05) is 5.73 Å². The number of hydrogen-bond acceptors (Lipinski definition) is 5. The zero-order valence-electron chi connectivity index (χ0n) is 8.50. The highest BCUT2D eigenvalue weighted by Gasteiger charge is 2.02. The molecule has 0 aliphatic carbocycles. The van der Waals surface area contributed by atoms with Gasteiger partial charge in [0.05, 0.1) is 12.8 Å². The lowest BCUT2D eigenvalue weighted by Crippen LogP contribution is -1.95. The van der Waals surface area contributed by atoms with Gasteiger partial charge in [-0.25, -0.2) is 4.98 Å². The Morgan fingerprint density at radius 3 is 2.62 bits per heavy atom. The second kappa shape index (κ2) is 4.59. The molecule has 2 rings (SSSR count). The molecule has 0 amide bonds. The quantitative estimate of drug-likeness (QED) is 0.810. The van der Waals surface area contributed by atoms with E-state index < -0.39 is 0 Å². The van der Waals surface area contributed by atoms with Crippen molar-refractivity contribution >= 4 is 5.69 Å². The molecule has 0 atom stereocenters. The summed E-state index contributed by atoms with van der Waals surface area (Å²) >= 11 is 0. The van der Waals surface area contributed by atoms with E-state index in [0.717, 1.165) is 5.56 Å². The first-order valence-corrected chi connectivity index (χ1v) is 4.72. The standard InChI is InChI=1S/C11H11N3O2/c12-10-5-13-7-14-11(10)16-9-3-1-8(6-15)2-4-9/h1-5,7,15H,6,12H2. The van der Waals surface area contributed by atoms with Crippen LogP contribution >= 0.6 is 0 Å². The van der Waals surface area contributed by atoms with Gasteiger partial charge >= 0.3 is 0 Å². The van der Waals surface area contributed by atoms with Crippen LogP contribution in [0.1, 0.15) is 5.56 Å². The van der Waals surface area contributed by atoms with Gasteiger partial charge in [-0.15, -0.1) is 0 Å². The fourth-order valence-electron chi connectivity index (χ4n) is 1.19. The van der Waals surface area contributed by atoms with Crippen LogP contribution in [-0.4, -0.2) is 15.1 Å². The first-order chi connectivity index (χ1) is 7.79. The topological polar surface area (TPSA) is 81.3 Å². The maximum atomic E-state index is 8.88. The van der Waals surface area contributed by atoms with E-state index in [1.165, 1.54) is 12.5 Å². The van der Waals surface area contributed by atoms with E-state index in [4.69, 9.17) is 15.6 Å². The number of ether oxygens (including phenoxy) is 1. The van der Waals surface area contributed by atoms with Crippen LogP contribution in [0, 0.1) is 0 Å². The SMILES string of the molecule is Nc1cncnc1Oc1ccc(CO)cc1. The Balaban J connectivity index is 2.18. The lowest BCUT2D eigenvalue weighted by molar-refractivity contribution is 0.281. The minimum absolute atomic E-state index is 0.00985. The molecule has 3 N–H and O–H groups in total. The molecule has 1 heterocycles. The number of aliphatic hydroxyl groups excluding tert-OH is 1. The average molecular weight is 217 g/mol. The molecule has 0 bridgehead atoms. The molecule has 0 spiro atoms. The van der Waals surface area contributed by atoms with Gasteiger partial charge < -0.3 is 15.6 Å². The normalized spacial score (nSPS) is 10.1. The first kappa shape index (κ1) is 10.4. The first-order valence-electron chi connectivity index (χ1n) is 4.72. The Morgan fingerprint density at radius 1 is 1.25 bits per heavy atom. The molecule has 0 saturated carbocycles. The molecule has 2 aromatic rings. The zero-order valence-corrected chi connectivity index (χ0v) is 8.50. The van der Waals surface area contributed by atoms with Crippen molar-refractivity contribution in [1.82, 2.24) is 9.97 Å². The number of aliphatic hydroxyl groups is 1. The number of rotatable bonds is 3. The van der Waals surface area contributed by atoms with E-state index in [-0.39, 0.29) is 6.61 Å². The molecule has 82 valence electrons. The lowest BCUT2D eigenvalue weighted by Gasteiger charge is -2.06. The van der Waals surface area contributed by atoms with Gasteiger partial charge in [-0.2, -0.15) is 4.98 Å². The number of hydrogen-bond donors (Lipinski definition) is 2. The maximum Gasteiger partial charge on any atom is 0.245 e. The van der Waals surface area contributed by atoms with Gasteiger partial charge in [0, 0.05) is 0 Å². The molecule has 0 aliphatic heterocycles. The minimum Gasteiger partial charge on any atom is -0.437 e. The van der Waals surface area contributed by atoms with E-state index in [0.29, 0.717) is 17.3 Å². The Hall–Kier alpha value is -2.14. The fraction of sp³-hybridized carbons (Fsp3) is 0.0909. The van der Waals surface area contributed by atoms with Crippen LogP contribution in [0.2, 0.25) is 0 Å². The number of nitrogens with two attached hydrogens (primary N) is 1. The summed E-state index contributed by atoms with van der Waals surface area (Å²) in [6.45, 7) is 0.00985. The van der Waals surface area contributed by atoms with E-state index in [1.54, 1.807) is 24.3 Å². The molecule has 0 unspecified atom stereocenters. The smallest absolute Gasteiger partial charge is 0.245 e. The maximum absolute atomic E-state index is 8.88. The van der Waals surface area contributed by atoms with Crippen molar-refractivity contribution in [2.24, 2.45) is 0 Å². The summed E-state index contributed by atoms with van der Waals surface area (Å²) in [6.07, 6.45) is 2.85. The van der Waals surface area contributed by atoms with E-state index >= 15 is 0 Å². The van der Waals surface area contributed by atoms with Gasteiger partial charge in [0.1, 0.15) is 17.8 Å². The second-order valence-corrected chi connectivity index (χ2v) is 3.19. The van der Waals surface area contributed by atoms with Crippen LogP contribution in [0.5, 0.6) is 11.6 Å². The zero-order chi connectivity index (χ0) is 11.4. The minimum atomic E-state index is 0.00985. The third-order valence-corrected chi connectivity index (χ3v) is 2.02. The van der Waals surface area contributed by atoms with Crippen LogP contribution in [0.15, 0.2) is 36.8 Å². The Kier molecular flexibility index (Phi) is 2.98. The molecular formula is C11H11N3O2. The van der Waals surface area contributed by atoms with Gasteiger partial charge in [-0.3, -0.25) is 0 Å². The highest BCUT2D eigenvalue weighted by Crippen LogP contribution is 2.23. The van der Waals surface area contributed by atoms with E-state index in [1.807, 2.05) is 0 Å². The molecule has 5 heteroatoms. The third kappa shape index (κ3) is 2.26. The summed E-state index contributed by atoms with van der Waals surface area (Å²) in [6, 6.07) is 7.03. The van der Waals surface area contributed by atoms with Gasteiger partial charge in [0.2, 0.25) is 5.88 Å². The van der Waals surface area contributed by atoms with Crippen LogP contribution in [0.4, 0.5) is 5.69 Å². The summed E-state index contributed by atoms with van der Waals surface area (Å²) in [5, 5.41) is 8.88. The Bertz CT molecular complexity index is 471. The van der Waals surface area contributed by atoms with Crippen LogP contribution < -0.4 is 10.5 Å². The predicted octanol–water partition coefficient (Wildman–Crippen LogP) is 1.34. The molecule has 16 heavy (non-hydrogen) atoms. The lowest BCUT2D eigenvalue weighted by atomic mass is 10.2. The van der Waals surface area contributed by atoms with Gasteiger partial charge in [0.15, 0.2) is 0 Å². The number of benzene rings is 1. The largest absolute Gasteiger partial charge is 0.437 e. The third-order valence-electron chi connectivity index (χ3n) is 2.02. The summed E-state index contributed by atoms with van der Waals surface area (Å²) in [4.78, 5) is 7.67. The van der Waals surface area contributed by atoms with Crippen LogP contribution in [-0.2, 0) is 6.61 Å². The van der Waals surface area contributed by atoms with Crippen LogP contribution in [0.3, 0.4) is 0 Å². The van der Waals surface area contributed by atoms with Crippen molar-refractivity contribution in [3.63, 3.8) is 0 Å². The Labute approximate surface area is 92.5 Å². The monoisotopic (exact) mass is 217 g/mol. The van der Waals surface area contributed by atoms with Gasteiger partial charge in [-0.1, -0.05) is 12.1 Å². The fourth-order valence-corrected chi connectivity index (χ4v) is 1.19. The van der Waals surface area contributed by atoms with E-state index in [9.17, 15) is 0 Å². The summed E-state index contributed by atoms with van der Waals surface area (Å²) < 4.78 is 5.45. The molecule has 0 saturated heterocycles. The van der Waals surface area contributed by atoms with Gasteiger partial charge in [-0.05, 0) is 17.7 Å². The number of nitrogen functional groups attached to an aromatic ring is 1. The van der Waals surface area contributed by atoms with Crippen LogP contribution in [0.25, 0.3) is 0 Å². The molecule has 0 aliphatic rings. The molecule has 0 fully saturated rings. The molecule has 5 nitrogen and oxygen atoms in total. The number of aromatic nitrogens is 2. The van der Waals surface area contributed by atoms with Crippen molar-refractivity contribution in [2.45, 2.75) is 6.61 Å². The second-order valence-electron chi connectivity index (χ2n) is 3.19.